The number of benzene rings is 6. The van der Waals surface area contributed by atoms with Gasteiger partial charge in [-0.3, -0.25) is 0 Å². The van der Waals surface area contributed by atoms with E-state index in [1.165, 1.54) is 11.1 Å². The molecule has 7 aliphatic rings. The molecule has 0 bridgehead atoms. The van der Waals surface area contributed by atoms with Gasteiger partial charge in [-0.15, -0.1) is 0 Å². The molecule has 384 valence electrons. The number of para-hydroxylation sites is 4. The summed E-state index contributed by atoms with van der Waals surface area (Å²) in [6, 6.07) is 45.8. The molecule has 15 nitrogen and oxygen atoms in total. The van der Waals surface area contributed by atoms with Crippen molar-refractivity contribution in [2.24, 2.45) is 0 Å². The lowest BCUT2D eigenvalue weighted by atomic mass is 9.99. The minimum atomic E-state index is -1.69. The zero-order valence-electron chi connectivity index (χ0n) is 41.7. The quantitative estimate of drug-likeness (QED) is 0.0654. The number of carbonyl (C=O) groups excluding carboxylic acids is 1. The van der Waals surface area contributed by atoms with Crippen LogP contribution in [0.15, 0.2) is 212 Å². The van der Waals surface area contributed by atoms with E-state index in [9.17, 15) is 25.2 Å². The van der Waals surface area contributed by atoms with Gasteiger partial charge in [0.1, 0.15) is 42.5 Å². The van der Waals surface area contributed by atoms with E-state index in [-0.39, 0.29) is 18.1 Å². The first-order valence-corrected chi connectivity index (χ1v) is 25.8. The highest BCUT2D eigenvalue weighted by Crippen LogP contribution is 2.46. The minimum absolute atomic E-state index is 0.209. The molecule has 15 heteroatoms. The third-order valence-corrected chi connectivity index (χ3v) is 14.8. The zero-order valence-corrected chi connectivity index (χ0v) is 41.7. The van der Waals surface area contributed by atoms with Crippen LogP contribution in [0, 0.1) is 0 Å². The normalized spacial score (nSPS) is 21.8. The lowest BCUT2D eigenvalue weighted by molar-refractivity contribution is -0.453. The molecule has 0 spiro atoms. The second-order valence-corrected chi connectivity index (χ2v) is 19.6. The first-order valence-electron chi connectivity index (χ1n) is 25.8. The standard InChI is InChI=1S/C62H54N6O9/c69-38-57-58(70)59(71)60(72)61(77-57)76-56-32-27-40(33-55(56)68-65-48(36-43-17-9-13-25-53(43)65)21-5-2-6-22-49-37-44-18-10-14-26-54(44)66(49)68)39-74-62(73)75-50-30-28-45(29-31-50)67-63-46(34-41-15-7-11-23-51(41)63)19-3-1-4-20-47-35-42-16-8-12-24-52(42)64(47)67/h1-33,57-61,69-72H,34-39H2/q+2/t57?,58?,59-,60-,61?/m0/s1. The molecule has 0 amide bonds. The average molecular weight is 1030 g/mol. The summed E-state index contributed by atoms with van der Waals surface area (Å²) in [5.74, 6) is 0.498. The van der Waals surface area contributed by atoms with Crippen molar-refractivity contribution >= 4 is 51.7 Å². The Bertz CT molecular complexity index is 3600. The van der Waals surface area contributed by atoms with E-state index < -0.39 is 43.5 Å². The number of hydrogen-bond donors (Lipinski definition) is 4. The zero-order chi connectivity index (χ0) is 52.1. The summed E-state index contributed by atoms with van der Waals surface area (Å²) in [6.45, 7) is -0.839. The SMILES string of the molecule is O=C(OCc1ccc(OC2OC(CO)C(O)[C@H](O)[C@@H]2O)c(N2N3C(=CC=CC=CC4=[N+]2c2ccccc2C4)Cc2ccccc23)c1)Oc1ccc(N2N3C(=CC=CC=CC4=[N+]2c2ccccc2C4)Cc2ccccc23)cc1. The van der Waals surface area contributed by atoms with Crippen molar-refractivity contribution in [1.29, 1.82) is 0 Å². The largest absolute Gasteiger partial charge is 0.514 e. The van der Waals surface area contributed by atoms with Gasteiger partial charge in [0, 0.05) is 48.3 Å². The summed E-state index contributed by atoms with van der Waals surface area (Å²) in [5, 5.41) is 51.5. The second-order valence-electron chi connectivity index (χ2n) is 19.6. The van der Waals surface area contributed by atoms with E-state index in [1.54, 1.807) is 24.3 Å². The van der Waals surface area contributed by atoms with E-state index in [1.807, 2.05) is 65.8 Å². The van der Waals surface area contributed by atoms with Gasteiger partial charge in [0.25, 0.3) is 0 Å². The Labute approximate surface area is 444 Å². The van der Waals surface area contributed by atoms with E-state index >= 15 is 0 Å². The topological polar surface area (TPSA) is 154 Å². The smallest absolute Gasteiger partial charge is 0.459 e. The van der Waals surface area contributed by atoms with Crippen LogP contribution >= 0.6 is 0 Å². The summed E-state index contributed by atoms with van der Waals surface area (Å²) in [6.07, 6.45) is 14.8. The Morgan fingerprint density at radius 3 is 1.74 bits per heavy atom. The van der Waals surface area contributed by atoms with Gasteiger partial charge in [-0.25, -0.2) is 14.8 Å². The van der Waals surface area contributed by atoms with Gasteiger partial charge in [0.15, 0.2) is 11.4 Å². The van der Waals surface area contributed by atoms with Crippen LogP contribution < -0.4 is 29.7 Å². The predicted octanol–water partition coefficient (Wildman–Crippen LogP) is 8.68. The summed E-state index contributed by atoms with van der Waals surface area (Å²) in [7, 11) is 0. The molecule has 13 rings (SSSR count). The maximum absolute atomic E-state index is 13.8. The molecule has 7 aliphatic heterocycles. The number of aliphatic hydroxyl groups excluding tert-OH is 4. The molecule has 0 aliphatic carbocycles. The number of fused-ring (bicyclic) bond motifs is 10. The van der Waals surface area contributed by atoms with Gasteiger partial charge in [-0.05, 0) is 87.6 Å². The monoisotopic (exact) mass is 1030 g/mol. The van der Waals surface area contributed by atoms with Crippen LogP contribution in [0.5, 0.6) is 11.5 Å². The second kappa shape index (κ2) is 20.0. The fraction of sp³-hybridized carbons (Fsp3) is 0.177. The highest BCUT2D eigenvalue weighted by atomic mass is 16.7. The van der Waals surface area contributed by atoms with Crippen LogP contribution in [0.2, 0.25) is 0 Å². The van der Waals surface area contributed by atoms with Crippen molar-refractivity contribution in [1.82, 2.24) is 0 Å². The average Bonchev–Trinajstić information content (AvgIpc) is 4.27. The van der Waals surface area contributed by atoms with E-state index in [2.05, 4.69) is 140 Å². The number of anilines is 4. The Morgan fingerprint density at radius 1 is 0.571 bits per heavy atom. The fourth-order valence-electron chi connectivity index (χ4n) is 11.1. The van der Waals surface area contributed by atoms with Crippen molar-refractivity contribution in [3.63, 3.8) is 0 Å². The highest BCUT2D eigenvalue weighted by Gasteiger charge is 2.48. The van der Waals surface area contributed by atoms with Crippen LogP contribution in [0.3, 0.4) is 0 Å². The van der Waals surface area contributed by atoms with Gasteiger partial charge < -0.3 is 39.4 Å². The van der Waals surface area contributed by atoms with Gasteiger partial charge in [0.05, 0.1) is 42.2 Å². The number of nitrogens with zero attached hydrogens (tertiary/aromatic N) is 6. The fourth-order valence-corrected chi connectivity index (χ4v) is 11.1. The molecule has 7 heterocycles. The first kappa shape index (κ1) is 47.9. The Kier molecular flexibility index (Phi) is 12.4. The van der Waals surface area contributed by atoms with Crippen molar-refractivity contribution in [2.45, 2.75) is 63.0 Å². The summed E-state index contributed by atoms with van der Waals surface area (Å²) >= 11 is 0. The Morgan fingerprint density at radius 2 is 1.13 bits per heavy atom. The third-order valence-electron chi connectivity index (χ3n) is 14.8. The molecule has 5 atom stereocenters. The summed E-state index contributed by atoms with van der Waals surface area (Å²) in [4.78, 5) is 13.8. The lowest BCUT2D eigenvalue weighted by Crippen LogP contribution is -2.60. The molecule has 6 aromatic carbocycles. The van der Waals surface area contributed by atoms with Crippen LogP contribution in [-0.4, -0.2) is 84.7 Å². The number of hydrazone groups is 2. The highest BCUT2D eigenvalue weighted by molar-refractivity contribution is 5.98. The molecular weight excluding hydrogens is 973 g/mol. The number of carbonyl (C=O) groups is 1. The van der Waals surface area contributed by atoms with Crippen LogP contribution in [0.4, 0.5) is 38.9 Å². The van der Waals surface area contributed by atoms with Gasteiger partial charge in [-0.1, -0.05) is 125 Å². The summed E-state index contributed by atoms with van der Waals surface area (Å²) < 4.78 is 28.6. The van der Waals surface area contributed by atoms with Crippen molar-refractivity contribution in [3.8, 4) is 11.5 Å². The maximum atomic E-state index is 13.8. The van der Waals surface area contributed by atoms with E-state index in [0.717, 1.165) is 75.2 Å². The molecule has 77 heavy (non-hydrogen) atoms. The molecule has 0 radical (unpaired) electrons. The van der Waals surface area contributed by atoms with Gasteiger partial charge in [0.2, 0.25) is 29.1 Å². The molecule has 0 aromatic heterocycles. The molecule has 3 unspecified atom stereocenters. The van der Waals surface area contributed by atoms with E-state index in [0.29, 0.717) is 24.1 Å². The van der Waals surface area contributed by atoms with Crippen molar-refractivity contribution < 1.29 is 53.5 Å². The van der Waals surface area contributed by atoms with Crippen LogP contribution in [0.1, 0.15) is 27.8 Å². The van der Waals surface area contributed by atoms with Crippen molar-refractivity contribution in [2.75, 3.05) is 26.9 Å². The molecule has 0 saturated carbocycles. The minimum Gasteiger partial charge on any atom is -0.459 e. The van der Waals surface area contributed by atoms with Crippen LogP contribution in [0.25, 0.3) is 0 Å². The number of hydrogen-bond acceptors (Lipinski definition) is 13. The third kappa shape index (κ3) is 8.69. The van der Waals surface area contributed by atoms with Crippen LogP contribution in [-0.2, 0) is 41.8 Å². The van der Waals surface area contributed by atoms with Gasteiger partial charge in [-0.2, -0.15) is 0 Å². The number of hydrazine groups is 4. The molecule has 1 saturated heterocycles. The lowest BCUT2D eigenvalue weighted by Gasteiger charge is -2.40. The van der Waals surface area contributed by atoms with E-state index in [4.69, 9.17) is 18.9 Å². The predicted molar refractivity (Wildman–Crippen MR) is 291 cm³/mol. The molecule has 4 N–H and O–H groups in total. The number of rotatable bonds is 8. The van der Waals surface area contributed by atoms with Gasteiger partial charge >= 0.3 is 6.16 Å². The number of ether oxygens (including phenoxy) is 4. The molecule has 1 fully saturated rings. The Hall–Kier alpha value is -8.83. The summed E-state index contributed by atoms with van der Waals surface area (Å²) in [5.41, 5.74) is 14.5. The van der Waals surface area contributed by atoms with Crippen molar-refractivity contribution in [3.05, 3.63) is 239 Å². The molecular formula is C62H54N6O9+2. The number of aliphatic hydroxyl groups is 4. The number of allylic oxidation sites excluding steroid dienone is 12. The Balaban J connectivity index is 0.840. The first-order chi connectivity index (χ1) is 37.8. The maximum Gasteiger partial charge on any atom is 0.514 e. The molecule has 6 aromatic rings.